The van der Waals surface area contributed by atoms with Crippen LogP contribution in [0.15, 0.2) is 73.1 Å². The summed E-state index contributed by atoms with van der Waals surface area (Å²) in [5, 5.41) is 7.04. The summed E-state index contributed by atoms with van der Waals surface area (Å²) in [6.07, 6.45) is -0.371. The van der Waals surface area contributed by atoms with Crippen LogP contribution in [-0.2, 0) is 30.6 Å². The van der Waals surface area contributed by atoms with Crippen LogP contribution in [0.25, 0.3) is 0 Å². The van der Waals surface area contributed by atoms with Gasteiger partial charge in [0.25, 0.3) is 0 Å². The standard InChI is InChI=1S/C26H26ClF3N4O/c27-22-5-1-3-19(11-22)16-34-17-23(32-14-18-6-8-21(9-7-18)26(28,29)30)12-24(34)25(35)33-15-20-4-2-10-31-13-20/h1-11,13,23-24,32H,12,14-17H2,(H,33,35)/t23-,24-/m0/s1. The van der Waals surface area contributed by atoms with Gasteiger partial charge < -0.3 is 10.6 Å². The molecule has 1 saturated heterocycles. The molecule has 5 nitrogen and oxygen atoms in total. The summed E-state index contributed by atoms with van der Waals surface area (Å²) in [6, 6.07) is 16.1. The Balaban J connectivity index is 1.40. The molecule has 1 amide bonds. The predicted molar refractivity (Wildman–Crippen MR) is 128 cm³/mol. The first-order valence-electron chi connectivity index (χ1n) is 11.3. The van der Waals surface area contributed by atoms with E-state index in [1.54, 1.807) is 12.4 Å². The van der Waals surface area contributed by atoms with Gasteiger partial charge >= 0.3 is 6.18 Å². The van der Waals surface area contributed by atoms with E-state index in [4.69, 9.17) is 11.6 Å². The third-order valence-corrected chi connectivity index (χ3v) is 6.28. The third-order valence-electron chi connectivity index (χ3n) is 6.05. The van der Waals surface area contributed by atoms with Crippen molar-refractivity contribution < 1.29 is 18.0 Å². The minimum atomic E-state index is -4.35. The maximum Gasteiger partial charge on any atom is 0.416 e. The Morgan fingerprint density at radius 1 is 1.03 bits per heavy atom. The van der Waals surface area contributed by atoms with Gasteiger partial charge in [0, 0.05) is 49.6 Å². The van der Waals surface area contributed by atoms with E-state index in [2.05, 4.69) is 20.5 Å². The fourth-order valence-corrected chi connectivity index (χ4v) is 4.47. The number of halogens is 4. The van der Waals surface area contributed by atoms with Crippen LogP contribution in [0.2, 0.25) is 5.02 Å². The number of alkyl halides is 3. The van der Waals surface area contributed by atoms with Gasteiger partial charge in [-0.05, 0) is 53.4 Å². The second-order valence-corrected chi connectivity index (χ2v) is 9.10. The summed E-state index contributed by atoms with van der Waals surface area (Å²) in [4.78, 5) is 19.3. The Bertz CT molecular complexity index is 1130. The Morgan fingerprint density at radius 2 is 1.80 bits per heavy atom. The van der Waals surface area contributed by atoms with E-state index in [1.807, 2.05) is 36.4 Å². The molecule has 0 aliphatic carbocycles. The average Bonchev–Trinajstić information content (AvgIpc) is 3.24. The van der Waals surface area contributed by atoms with Crippen molar-refractivity contribution in [1.82, 2.24) is 20.5 Å². The largest absolute Gasteiger partial charge is 0.416 e. The lowest BCUT2D eigenvalue weighted by atomic mass is 10.1. The van der Waals surface area contributed by atoms with Crippen molar-refractivity contribution in [3.05, 3.63) is 100 Å². The summed E-state index contributed by atoms with van der Waals surface area (Å²) in [5.41, 5.74) is 2.01. The van der Waals surface area contributed by atoms with Gasteiger partial charge in [-0.3, -0.25) is 14.7 Å². The van der Waals surface area contributed by atoms with Crippen LogP contribution in [0.4, 0.5) is 13.2 Å². The normalized spacial score (nSPS) is 18.5. The number of nitrogens with zero attached hydrogens (tertiary/aromatic N) is 2. The average molecular weight is 503 g/mol. The molecule has 0 saturated carbocycles. The molecule has 4 rings (SSSR count). The molecular weight excluding hydrogens is 477 g/mol. The second kappa shape index (κ2) is 11.2. The van der Waals surface area contributed by atoms with E-state index in [-0.39, 0.29) is 18.0 Å². The van der Waals surface area contributed by atoms with Crippen molar-refractivity contribution in [1.29, 1.82) is 0 Å². The number of pyridine rings is 1. The zero-order valence-electron chi connectivity index (χ0n) is 18.9. The lowest BCUT2D eigenvalue weighted by molar-refractivity contribution is -0.137. The quantitative estimate of drug-likeness (QED) is 0.464. The molecule has 184 valence electrons. The van der Waals surface area contributed by atoms with Gasteiger partial charge in [-0.15, -0.1) is 0 Å². The van der Waals surface area contributed by atoms with Crippen molar-refractivity contribution in [2.75, 3.05) is 6.54 Å². The van der Waals surface area contributed by atoms with Crippen LogP contribution in [-0.4, -0.2) is 34.4 Å². The van der Waals surface area contributed by atoms with Crippen molar-refractivity contribution in [3.8, 4) is 0 Å². The number of nitrogens with one attached hydrogen (secondary N) is 2. The SMILES string of the molecule is O=C(NCc1cccnc1)[C@@H]1C[C@H](NCc2ccc(C(F)(F)F)cc2)CN1Cc1cccc(Cl)c1. The monoisotopic (exact) mass is 502 g/mol. The minimum absolute atomic E-state index is 0.00520. The molecule has 9 heteroatoms. The second-order valence-electron chi connectivity index (χ2n) is 8.66. The van der Waals surface area contributed by atoms with Gasteiger partial charge in [0.05, 0.1) is 11.6 Å². The fourth-order valence-electron chi connectivity index (χ4n) is 4.25. The van der Waals surface area contributed by atoms with Gasteiger partial charge in [0.2, 0.25) is 5.91 Å². The first kappa shape index (κ1) is 25.2. The molecule has 1 aliphatic heterocycles. The summed E-state index contributed by atoms with van der Waals surface area (Å²) in [6.45, 7) is 1.98. The van der Waals surface area contributed by atoms with Gasteiger partial charge in [0.15, 0.2) is 0 Å². The Kier molecular flexibility index (Phi) is 8.05. The van der Waals surface area contributed by atoms with Gasteiger partial charge in [0.1, 0.15) is 0 Å². The van der Waals surface area contributed by atoms with Crippen LogP contribution in [0, 0.1) is 0 Å². The first-order valence-corrected chi connectivity index (χ1v) is 11.7. The molecule has 0 spiro atoms. The number of rotatable bonds is 8. The van der Waals surface area contributed by atoms with Crippen LogP contribution >= 0.6 is 11.6 Å². The Morgan fingerprint density at radius 3 is 2.49 bits per heavy atom. The molecule has 35 heavy (non-hydrogen) atoms. The summed E-state index contributed by atoms with van der Waals surface area (Å²) in [7, 11) is 0. The van der Waals surface area contributed by atoms with Crippen LogP contribution in [0.1, 0.15) is 28.7 Å². The number of amides is 1. The molecule has 3 aromatic rings. The number of likely N-dealkylation sites (tertiary alicyclic amines) is 1. The molecule has 0 unspecified atom stereocenters. The van der Waals surface area contributed by atoms with E-state index in [0.29, 0.717) is 37.6 Å². The molecule has 1 aliphatic rings. The molecule has 0 radical (unpaired) electrons. The Hall–Kier alpha value is -2.94. The third kappa shape index (κ3) is 7.04. The number of aromatic nitrogens is 1. The Labute approximate surface area is 207 Å². The predicted octanol–water partition coefficient (Wildman–Crippen LogP) is 4.80. The van der Waals surface area contributed by atoms with Gasteiger partial charge in [-0.2, -0.15) is 13.2 Å². The molecular formula is C26H26ClF3N4O. The topological polar surface area (TPSA) is 57.3 Å². The highest BCUT2D eigenvalue weighted by Gasteiger charge is 2.36. The van der Waals surface area contributed by atoms with Crippen LogP contribution in [0.5, 0.6) is 0 Å². The maximum absolute atomic E-state index is 13.1. The van der Waals surface area contributed by atoms with E-state index in [1.165, 1.54) is 12.1 Å². The zero-order chi connectivity index (χ0) is 24.8. The molecule has 0 bridgehead atoms. The number of hydrogen-bond acceptors (Lipinski definition) is 4. The molecule has 2 atom stereocenters. The summed E-state index contributed by atoms with van der Waals surface area (Å²) in [5.74, 6) is -0.0743. The lowest BCUT2D eigenvalue weighted by Gasteiger charge is -2.23. The minimum Gasteiger partial charge on any atom is -0.351 e. The van der Waals surface area contributed by atoms with Crippen molar-refractivity contribution in [2.45, 2.75) is 44.3 Å². The maximum atomic E-state index is 13.1. The van der Waals surface area contributed by atoms with Gasteiger partial charge in [-0.25, -0.2) is 0 Å². The molecule has 2 N–H and O–H groups in total. The van der Waals surface area contributed by atoms with Crippen molar-refractivity contribution in [3.63, 3.8) is 0 Å². The van der Waals surface area contributed by atoms with Crippen molar-refractivity contribution >= 4 is 17.5 Å². The summed E-state index contributed by atoms with van der Waals surface area (Å²) >= 11 is 6.15. The number of carbonyl (C=O) groups is 1. The summed E-state index contributed by atoms with van der Waals surface area (Å²) < 4.78 is 38.5. The highest BCUT2D eigenvalue weighted by molar-refractivity contribution is 6.30. The van der Waals surface area contributed by atoms with E-state index >= 15 is 0 Å². The molecule has 2 aromatic carbocycles. The highest BCUT2D eigenvalue weighted by Crippen LogP contribution is 2.29. The van der Waals surface area contributed by atoms with Crippen LogP contribution < -0.4 is 10.6 Å². The number of benzene rings is 2. The van der Waals surface area contributed by atoms with E-state index in [0.717, 1.165) is 28.8 Å². The first-order chi connectivity index (χ1) is 16.8. The smallest absolute Gasteiger partial charge is 0.351 e. The van der Waals surface area contributed by atoms with Crippen molar-refractivity contribution in [2.24, 2.45) is 0 Å². The van der Waals surface area contributed by atoms with Gasteiger partial charge in [-0.1, -0.05) is 41.9 Å². The lowest BCUT2D eigenvalue weighted by Crippen LogP contribution is -2.42. The van der Waals surface area contributed by atoms with E-state index < -0.39 is 11.7 Å². The molecule has 1 fully saturated rings. The zero-order valence-corrected chi connectivity index (χ0v) is 19.7. The number of hydrogen-bond donors (Lipinski definition) is 2. The fraction of sp³-hybridized carbons (Fsp3) is 0.308. The van der Waals surface area contributed by atoms with Crippen LogP contribution in [0.3, 0.4) is 0 Å². The number of carbonyl (C=O) groups excluding carboxylic acids is 1. The highest BCUT2D eigenvalue weighted by atomic mass is 35.5. The molecule has 1 aromatic heterocycles. The van der Waals surface area contributed by atoms with E-state index in [9.17, 15) is 18.0 Å². The molecule has 2 heterocycles.